The molecule has 0 saturated carbocycles. The minimum atomic E-state index is 0.108. The van der Waals surface area contributed by atoms with Crippen LogP contribution in [0.3, 0.4) is 0 Å². The van der Waals surface area contributed by atoms with Gasteiger partial charge in [0.2, 0.25) is 0 Å². The van der Waals surface area contributed by atoms with Crippen molar-refractivity contribution < 1.29 is 5.11 Å². The molecule has 1 aromatic carbocycles. The van der Waals surface area contributed by atoms with Crippen LogP contribution in [0.2, 0.25) is 10.0 Å². The Hall–Kier alpha value is 0.560. The molecule has 12 heavy (non-hydrogen) atoms. The predicted molar refractivity (Wildman–Crippen MR) is 58.3 cm³/mol. The fraction of sp³-hybridized carbons (Fsp3) is 0.143. The van der Waals surface area contributed by atoms with Crippen molar-refractivity contribution >= 4 is 55.1 Å². The van der Waals surface area contributed by atoms with E-state index in [2.05, 4.69) is 31.9 Å². The van der Waals surface area contributed by atoms with Gasteiger partial charge < -0.3 is 5.11 Å². The first-order valence-corrected chi connectivity index (χ1v) is 5.32. The number of hydrogen-bond acceptors (Lipinski definition) is 1. The number of halogens is 4. The Morgan fingerprint density at radius 3 is 2.08 bits per heavy atom. The molecule has 66 valence electrons. The van der Waals surface area contributed by atoms with Crippen LogP contribution in [0.4, 0.5) is 0 Å². The van der Waals surface area contributed by atoms with E-state index in [-0.39, 0.29) is 5.75 Å². The largest absolute Gasteiger partial charge is 0.506 e. The van der Waals surface area contributed by atoms with Crippen LogP contribution in [0.25, 0.3) is 0 Å². The predicted octanol–water partition coefficient (Wildman–Crippen LogP) is 4.53. The second-order valence-electron chi connectivity index (χ2n) is 2.23. The van der Waals surface area contributed by atoms with Crippen molar-refractivity contribution in [1.82, 2.24) is 0 Å². The highest BCUT2D eigenvalue weighted by atomic mass is 79.9. The summed E-state index contributed by atoms with van der Waals surface area (Å²) < 4.78 is 1.09. The third-order valence-electron chi connectivity index (χ3n) is 1.47. The molecule has 1 rings (SSSR count). The van der Waals surface area contributed by atoms with Gasteiger partial charge in [0.1, 0.15) is 5.75 Å². The lowest BCUT2D eigenvalue weighted by atomic mass is 10.2. The van der Waals surface area contributed by atoms with Crippen LogP contribution in [0, 0.1) is 6.92 Å². The quantitative estimate of drug-likeness (QED) is 0.546. The number of benzene rings is 1. The molecule has 0 spiro atoms. The molecular formula is C7H4Br2Cl2O. The van der Waals surface area contributed by atoms with Crippen LogP contribution in [0.15, 0.2) is 8.95 Å². The molecule has 1 nitrogen and oxygen atoms in total. The SMILES string of the molecule is Cc1c(O)c(Br)c(Br)c(Cl)c1Cl. The van der Waals surface area contributed by atoms with Crippen LogP contribution >= 0.6 is 55.1 Å². The molecule has 0 aliphatic carbocycles. The molecule has 5 heteroatoms. The Balaban J connectivity index is 3.60. The third kappa shape index (κ3) is 1.60. The first-order chi connectivity index (χ1) is 5.46. The van der Waals surface area contributed by atoms with E-state index >= 15 is 0 Å². The zero-order chi connectivity index (χ0) is 9.46. The summed E-state index contributed by atoms with van der Waals surface area (Å²) >= 11 is 18.0. The maximum atomic E-state index is 9.47. The van der Waals surface area contributed by atoms with Crippen molar-refractivity contribution in [2.45, 2.75) is 6.92 Å². The minimum Gasteiger partial charge on any atom is -0.506 e. The molecule has 1 aromatic rings. The van der Waals surface area contributed by atoms with Gasteiger partial charge in [-0.2, -0.15) is 0 Å². The van der Waals surface area contributed by atoms with Gasteiger partial charge in [-0.05, 0) is 38.8 Å². The topological polar surface area (TPSA) is 20.2 Å². The number of aromatic hydroxyl groups is 1. The molecule has 0 atom stereocenters. The number of phenols is 1. The van der Waals surface area contributed by atoms with Crippen molar-refractivity contribution in [3.8, 4) is 5.75 Å². The normalized spacial score (nSPS) is 10.4. The number of phenolic OH excluding ortho intramolecular Hbond substituents is 1. The molecule has 0 aliphatic rings. The number of rotatable bonds is 0. The van der Waals surface area contributed by atoms with Crippen molar-refractivity contribution in [1.29, 1.82) is 0 Å². The summed E-state index contributed by atoms with van der Waals surface area (Å²) in [6.45, 7) is 1.70. The molecule has 0 aliphatic heterocycles. The van der Waals surface area contributed by atoms with E-state index in [1.165, 1.54) is 0 Å². The van der Waals surface area contributed by atoms with E-state index in [0.29, 0.717) is 24.6 Å². The monoisotopic (exact) mass is 332 g/mol. The van der Waals surface area contributed by atoms with Crippen LogP contribution in [-0.4, -0.2) is 5.11 Å². The van der Waals surface area contributed by atoms with Gasteiger partial charge in [0.05, 0.1) is 19.0 Å². The van der Waals surface area contributed by atoms with Crippen molar-refractivity contribution in [3.05, 3.63) is 24.6 Å². The lowest BCUT2D eigenvalue weighted by Crippen LogP contribution is -1.83. The van der Waals surface area contributed by atoms with E-state index in [1.807, 2.05) is 0 Å². The summed E-state index contributed by atoms with van der Waals surface area (Å²) in [6.07, 6.45) is 0. The van der Waals surface area contributed by atoms with Crippen LogP contribution in [0.1, 0.15) is 5.56 Å². The van der Waals surface area contributed by atoms with Gasteiger partial charge >= 0.3 is 0 Å². The highest BCUT2D eigenvalue weighted by Gasteiger charge is 2.15. The lowest BCUT2D eigenvalue weighted by molar-refractivity contribution is 0.467. The van der Waals surface area contributed by atoms with Gasteiger partial charge in [0, 0.05) is 5.56 Å². The van der Waals surface area contributed by atoms with E-state index < -0.39 is 0 Å². The summed E-state index contributed by atoms with van der Waals surface area (Å²) in [6, 6.07) is 0. The Kier molecular flexibility index (Phi) is 3.32. The highest BCUT2D eigenvalue weighted by Crippen LogP contribution is 2.44. The molecule has 0 amide bonds. The van der Waals surface area contributed by atoms with E-state index in [0.717, 1.165) is 0 Å². The zero-order valence-electron chi connectivity index (χ0n) is 5.96. The van der Waals surface area contributed by atoms with Crippen LogP contribution < -0.4 is 0 Å². The summed E-state index contributed by atoms with van der Waals surface area (Å²) in [5.41, 5.74) is 0.566. The summed E-state index contributed by atoms with van der Waals surface area (Å²) in [7, 11) is 0. The molecule has 0 fully saturated rings. The smallest absolute Gasteiger partial charge is 0.135 e. The average molecular weight is 335 g/mol. The van der Waals surface area contributed by atoms with Gasteiger partial charge in [-0.25, -0.2) is 0 Å². The van der Waals surface area contributed by atoms with Crippen LogP contribution in [0.5, 0.6) is 5.75 Å². The molecule has 1 N–H and O–H groups in total. The van der Waals surface area contributed by atoms with Gasteiger partial charge in [0.25, 0.3) is 0 Å². The maximum absolute atomic E-state index is 9.47. The second-order valence-corrected chi connectivity index (χ2v) is 4.57. The third-order valence-corrected chi connectivity index (χ3v) is 4.74. The first-order valence-electron chi connectivity index (χ1n) is 2.98. The summed E-state index contributed by atoms with van der Waals surface area (Å²) in [4.78, 5) is 0. The zero-order valence-corrected chi connectivity index (χ0v) is 10.6. The molecule has 0 radical (unpaired) electrons. The second kappa shape index (κ2) is 3.74. The molecule has 0 heterocycles. The van der Waals surface area contributed by atoms with Crippen molar-refractivity contribution in [2.75, 3.05) is 0 Å². The van der Waals surface area contributed by atoms with Gasteiger partial charge in [0.15, 0.2) is 0 Å². The molecule has 0 aromatic heterocycles. The minimum absolute atomic E-state index is 0.108. The van der Waals surface area contributed by atoms with Gasteiger partial charge in [-0.3, -0.25) is 0 Å². The molecule has 0 bridgehead atoms. The Labute approximate surface area is 96.9 Å². The molecular weight excluding hydrogens is 331 g/mol. The van der Waals surface area contributed by atoms with Crippen molar-refractivity contribution in [2.24, 2.45) is 0 Å². The maximum Gasteiger partial charge on any atom is 0.135 e. The average Bonchev–Trinajstić information content (AvgIpc) is 2.08. The Bertz CT molecular complexity index is 234. The lowest BCUT2D eigenvalue weighted by Gasteiger charge is -2.08. The van der Waals surface area contributed by atoms with Crippen LogP contribution in [-0.2, 0) is 0 Å². The van der Waals surface area contributed by atoms with Crippen molar-refractivity contribution in [3.63, 3.8) is 0 Å². The first kappa shape index (κ1) is 10.6. The van der Waals surface area contributed by atoms with Gasteiger partial charge in [-0.15, -0.1) is 0 Å². The fourth-order valence-corrected chi connectivity index (χ4v) is 2.26. The Morgan fingerprint density at radius 1 is 1.08 bits per heavy atom. The van der Waals surface area contributed by atoms with Gasteiger partial charge in [-0.1, -0.05) is 23.2 Å². The molecule has 0 unspecified atom stereocenters. The summed E-state index contributed by atoms with van der Waals surface area (Å²) in [5.74, 6) is 0.108. The number of hydrogen-bond donors (Lipinski definition) is 1. The summed E-state index contributed by atoms with van der Waals surface area (Å²) in [5, 5.41) is 10.2. The van der Waals surface area contributed by atoms with E-state index in [9.17, 15) is 5.11 Å². The fourth-order valence-electron chi connectivity index (χ4n) is 0.730. The molecule has 0 saturated heterocycles. The highest BCUT2D eigenvalue weighted by molar-refractivity contribution is 9.13. The standard InChI is InChI=1S/C7H4Br2Cl2O/c1-2-5(10)6(11)3(8)4(9)7(2)12/h12H,1H3. The Morgan fingerprint density at radius 2 is 1.58 bits per heavy atom. The van der Waals surface area contributed by atoms with E-state index in [4.69, 9.17) is 23.2 Å². The van der Waals surface area contributed by atoms with E-state index in [1.54, 1.807) is 6.92 Å².